The molecule has 0 aliphatic carbocycles. The van der Waals surface area contributed by atoms with Crippen molar-refractivity contribution in [2.24, 2.45) is 0 Å². The van der Waals surface area contributed by atoms with Gasteiger partial charge in [-0.25, -0.2) is 0 Å². The Labute approximate surface area is 122 Å². The highest BCUT2D eigenvalue weighted by molar-refractivity contribution is 7.99. The van der Waals surface area contributed by atoms with Crippen molar-refractivity contribution in [2.45, 2.75) is 69.6 Å². The molecule has 0 radical (unpaired) electrons. The SMILES string of the molecule is CCCCCCCCCCCSc1ccc(O)cc1. The van der Waals surface area contributed by atoms with E-state index in [0.717, 1.165) is 0 Å². The van der Waals surface area contributed by atoms with Crippen LogP contribution >= 0.6 is 11.8 Å². The van der Waals surface area contributed by atoms with E-state index < -0.39 is 0 Å². The van der Waals surface area contributed by atoms with E-state index in [1.165, 1.54) is 68.4 Å². The van der Waals surface area contributed by atoms with Gasteiger partial charge < -0.3 is 5.11 Å². The predicted octanol–water partition coefficient (Wildman–Crippen LogP) is 6.02. The van der Waals surface area contributed by atoms with Crippen LogP contribution in [0.2, 0.25) is 0 Å². The van der Waals surface area contributed by atoms with E-state index in [1.807, 2.05) is 23.9 Å². The van der Waals surface area contributed by atoms with Crippen LogP contribution in [-0.4, -0.2) is 10.9 Å². The molecule has 0 aromatic heterocycles. The average Bonchev–Trinajstić information content (AvgIpc) is 2.43. The predicted molar refractivity (Wildman–Crippen MR) is 86.1 cm³/mol. The van der Waals surface area contributed by atoms with Crippen molar-refractivity contribution >= 4 is 11.8 Å². The van der Waals surface area contributed by atoms with Crippen LogP contribution in [0.5, 0.6) is 5.75 Å². The van der Waals surface area contributed by atoms with Crippen molar-refractivity contribution in [3.63, 3.8) is 0 Å². The number of benzene rings is 1. The normalized spacial score (nSPS) is 10.8. The third-order valence-corrected chi connectivity index (χ3v) is 4.45. The maximum absolute atomic E-state index is 9.19. The summed E-state index contributed by atoms with van der Waals surface area (Å²) in [6.45, 7) is 2.27. The summed E-state index contributed by atoms with van der Waals surface area (Å²) < 4.78 is 0. The molecule has 0 fully saturated rings. The fourth-order valence-corrected chi connectivity index (χ4v) is 3.06. The van der Waals surface area contributed by atoms with Gasteiger partial charge in [0.2, 0.25) is 0 Å². The number of phenolic OH excluding ortho intramolecular Hbond substituents is 1. The van der Waals surface area contributed by atoms with E-state index >= 15 is 0 Å². The topological polar surface area (TPSA) is 20.2 Å². The molecule has 0 saturated heterocycles. The molecule has 108 valence electrons. The first-order valence-corrected chi connectivity index (χ1v) is 8.73. The van der Waals surface area contributed by atoms with Crippen LogP contribution in [0.15, 0.2) is 29.2 Å². The Morgan fingerprint density at radius 1 is 0.789 bits per heavy atom. The van der Waals surface area contributed by atoms with Crippen molar-refractivity contribution in [2.75, 3.05) is 5.75 Å². The third-order valence-electron chi connectivity index (χ3n) is 3.35. The molecular weight excluding hydrogens is 252 g/mol. The molecule has 1 aromatic carbocycles. The molecule has 1 nitrogen and oxygen atoms in total. The second-order valence-corrected chi connectivity index (χ2v) is 6.34. The summed E-state index contributed by atoms with van der Waals surface area (Å²) >= 11 is 1.89. The van der Waals surface area contributed by atoms with Gasteiger partial charge in [0, 0.05) is 4.90 Å². The highest BCUT2D eigenvalue weighted by Gasteiger charge is 1.95. The molecule has 1 N–H and O–H groups in total. The summed E-state index contributed by atoms with van der Waals surface area (Å²) in [4.78, 5) is 1.26. The van der Waals surface area contributed by atoms with Gasteiger partial charge in [0.15, 0.2) is 0 Å². The van der Waals surface area contributed by atoms with E-state index in [9.17, 15) is 5.11 Å². The van der Waals surface area contributed by atoms with Crippen molar-refractivity contribution in [1.82, 2.24) is 0 Å². The van der Waals surface area contributed by atoms with Gasteiger partial charge in [-0.05, 0) is 36.4 Å². The lowest BCUT2D eigenvalue weighted by molar-refractivity contribution is 0.475. The molecule has 0 saturated carbocycles. The van der Waals surface area contributed by atoms with Crippen LogP contribution < -0.4 is 0 Å². The van der Waals surface area contributed by atoms with Crippen LogP contribution in [-0.2, 0) is 0 Å². The van der Waals surface area contributed by atoms with Crippen molar-refractivity contribution < 1.29 is 5.11 Å². The fourth-order valence-electron chi connectivity index (χ4n) is 2.15. The van der Waals surface area contributed by atoms with E-state index in [0.29, 0.717) is 5.75 Å². The van der Waals surface area contributed by atoms with E-state index in [1.54, 1.807) is 12.1 Å². The summed E-state index contributed by atoms with van der Waals surface area (Å²) in [5.41, 5.74) is 0. The lowest BCUT2D eigenvalue weighted by Gasteiger charge is -2.03. The molecule has 0 aliphatic rings. The second kappa shape index (κ2) is 11.2. The van der Waals surface area contributed by atoms with Gasteiger partial charge in [0.1, 0.15) is 5.75 Å². The smallest absolute Gasteiger partial charge is 0.115 e. The molecule has 0 amide bonds. The molecule has 2 heteroatoms. The van der Waals surface area contributed by atoms with Crippen molar-refractivity contribution in [3.05, 3.63) is 24.3 Å². The largest absolute Gasteiger partial charge is 0.508 e. The van der Waals surface area contributed by atoms with Gasteiger partial charge in [0.05, 0.1) is 0 Å². The van der Waals surface area contributed by atoms with Gasteiger partial charge in [-0.15, -0.1) is 11.8 Å². The molecular formula is C17H28OS. The number of phenols is 1. The first-order chi connectivity index (χ1) is 9.33. The van der Waals surface area contributed by atoms with Crippen LogP contribution in [0.3, 0.4) is 0 Å². The Kier molecular flexibility index (Phi) is 9.70. The van der Waals surface area contributed by atoms with Gasteiger partial charge >= 0.3 is 0 Å². The maximum atomic E-state index is 9.19. The van der Waals surface area contributed by atoms with Gasteiger partial charge in [0.25, 0.3) is 0 Å². The summed E-state index contributed by atoms with van der Waals surface area (Å²) in [7, 11) is 0. The number of aromatic hydroxyl groups is 1. The van der Waals surface area contributed by atoms with Crippen LogP contribution in [0.4, 0.5) is 0 Å². The monoisotopic (exact) mass is 280 g/mol. The summed E-state index contributed by atoms with van der Waals surface area (Å²) in [6.07, 6.45) is 12.5. The maximum Gasteiger partial charge on any atom is 0.115 e. The molecule has 0 bridgehead atoms. The van der Waals surface area contributed by atoms with Crippen molar-refractivity contribution in [3.8, 4) is 5.75 Å². The summed E-state index contributed by atoms with van der Waals surface area (Å²) in [5, 5.41) is 9.19. The molecule has 0 atom stereocenters. The first kappa shape index (κ1) is 16.4. The summed E-state index contributed by atoms with van der Waals surface area (Å²) in [6, 6.07) is 7.51. The zero-order chi connectivity index (χ0) is 13.8. The molecule has 1 aromatic rings. The van der Waals surface area contributed by atoms with Gasteiger partial charge in [-0.2, -0.15) is 0 Å². The quantitative estimate of drug-likeness (QED) is 0.395. The van der Waals surface area contributed by atoms with Gasteiger partial charge in [-0.3, -0.25) is 0 Å². The minimum atomic E-state index is 0.354. The standard InChI is InChI=1S/C17H28OS/c1-2-3-4-5-6-7-8-9-10-15-19-17-13-11-16(18)12-14-17/h11-14,18H,2-10,15H2,1H3. The van der Waals surface area contributed by atoms with E-state index in [4.69, 9.17) is 0 Å². The minimum absolute atomic E-state index is 0.354. The van der Waals surface area contributed by atoms with E-state index in [-0.39, 0.29) is 0 Å². The second-order valence-electron chi connectivity index (χ2n) is 5.17. The van der Waals surface area contributed by atoms with Crippen molar-refractivity contribution in [1.29, 1.82) is 0 Å². The number of hydrogen-bond acceptors (Lipinski definition) is 2. The Hall–Kier alpha value is -0.630. The highest BCUT2D eigenvalue weighted by atomic mass is 32.2. The molecule has 19 heavy (non-hydrogen) atoms. The number of unbranched alkanes of at least 4 members (excludes halogenated alkanes) is 8. The Morgan fingerprint density at radius 2 is 1.32 bits per heavy atom. The van der Waals surface area contributed by atoms with Crippen LogP contribution in [0.1, 0.15) is 64.7 Å². The number of hydrogen-bond donors (Lipinski definition) is 1. The fraction of sp³-hybridized carbons (Fsp3) is 0.647. The van der Waals surface area contributed by atoms with Crippen LogP contribution in [0, 0.1) is 0 Å². The lowest BCUT2D eigenvalue weighted by Crippen LogP contribution is -1.83. The number of thioether (sulfide) groups is 1. The lowest BCUT2D eigenvalue weighted by atomic mass is 10.1. The molecule has 0 aliphatic heterocycles. The zero-order valence-electron chi connectivity index (χ0n) is 12.2. The number of rotatable bonds is 11. The van der Waals surface area contributed by atoms with Gasteiger partial charge in [-0.1, -0.05) is 58.3 Å². The Morgan fingerprint density at radius 3 is 1.89 bits per heavy atom. The van der Waals surface area contributed by atoms with E-state index in [2.05, 4.69) is 6.92 Å². The summed E-state index contributed by atoms with van der Waals surface area (Å²) in [5.74, 6) is 1.55. The Bertz CT molecular complexity index is 308. The molecule has 1 rings (SSSR count). The molecule has 0 heterocycles. The zero-order valence-corrected chi connectivity index (χ0v) is 13.1. The average molecular weight is 280 g/mol. The molecule has 0 unspecified atom stereocenters. The minimum Gasteiger partial charge on any atom is -0.508 e. The Balaban J connectivity index is 1.87. The van der Waals surface area contributed by atoms with Crippen LogP contribution in [0.25, 0.3) is 0 Å². The first-order valence-electron chi connectivity index (χ1n) is 7.74. The third kappa shape index (κ3) is 8.99. The highest BCUT2D eigenvalue weighted by Crippen LogP contribution is 2.22. The molecule has 0 spiro atoms.